The average Bonchev–Trinajstić information content (AvgIpc) is 3.85. The highest BCUT2D eigenvalue weighted by Crippen LogP contribution is 2.51. The van der Waals surface area contributed by atoms with Crippen molar-refractivity contribution in [3.05, 3.63) is 77.4 Å². The highest BCUT2D eigenvalue weighted by Gasteiger charge is 2.49. The van der Waals surface area contributed by atoms with Crippen LogP contribution in [-0.2, 0) is 22.0 Å². The molecule has 9 rings (SSSR count). The number of aromatic nitrogens is 4. The quantitative estimate of drug-likeness (QED) is 0.146. The van der Waals surface area contributed by atoms with Gasteiger partial charge in [0.05, 0.1) is 29.0 Å². The van der Waals surface area contributed by atoms with Crippen molar-refractivity contribution in [2.75, 3.05) is 19.8 Å². The Morgan fingerprint density at radius 3 is 2.65 bits per heavy atom. The second-order valence-electron chi connectivity index (χ2n) is 15.1. The molecule has 4 aromatic rings. The number of imidazole rings is 1. The third-order valence-corrected chi connectivity index (χ3v) is 12.3. The largest absolute Gasteiger partial charge is 0.490 e. The zero-order valence-corrected chi connectivity index (χ0v) is 29.6. The molecule has 5 N–H and O–H groups in total. The van der Waals surface area contributed by atoms with Crippen LogP contribution in [0.3, 0.4) is 0 Å². The molecule has 1 saturated heterocycles. The number of aromatic amines is 1. The van der Waals surface area contributed by atoms with Gasteiger partial charge in [0.15, 0.2) is 0 Å². The van der Waals surface area contributed by atoms with Crippen molar-refractivity contribution in [3.63, 3.8) is 0 Å². The van der Waals surface area contributed by atoms with E-state index in [4.69, 9.17) is 14.5 Å². The molecule has 12 nitrogen and oxygen atoms in total. The fraction of sp³-hybridized carbons (Fsp3) is 0.538. The zero-order valence-electron chi connectivity index (χ0n) is 29.6. The van der Waals surface area contributed by atoms with E-state index in [0.29, 0.717) is 50.0 Å². The van der Waals surface area contributed by atoms with E-state index in [-0.39, 0.29) is 29.8 Å². The van der Waals surface area contributed by atoms with Crippen LogP contribution in [0.4, 0.5) is 0 Å². The fourth-order valence-corrected chi connectivity index (χ4v) is 9.41. The molecule has 2 bridgehead atoms. The molecule has 0 radical (unpaired) electrons. The number of para-hydroxylation sites is 1. The summed E-state index contributed by atoms with van der Waals surface area (Å²) in [5, 5.41) is 26.2. The summed E-state index contributed by atoms with van der Waals surface area (Å²) in [6.45, 7) is 5.51. The fourth-order valence-electron chi connectivity index (χ4n) is 9.41. The van der Waals surface area contributed by atoms with Crippen molar-refractivity contribution in [2.24, 2.45) is 24.8 Å². The van der Waals surface area contributed by atoms with Gasteiger partial charge < -0.3 is 30.2 Å². The summed E-state index contributed by atoms with van der Waals surface area (Å²) in [4.78, 5) is 35.8. The summed E-state index contributed by atoms with van der Waals surface area (Å²) < 4.78 is 13.6. The van der Waals surface area contributed by atoms with Crippen LogP contribution in [0.5, 0.6) is 5.75 Å². The number of aliphatic hydroxyl groups is 1. The molecule has 12 heteroatoms. The molecule has 2 unspecified atom stereocenters. The molecule has 0 spiro atoms. The predicted molar refractivity (Wildman–Crippen MR) is 191 cm³/mol. The molecule has 4 fully saturated rings. The lowest BCUT2D eigenvalue weighted by molar-refractivity contribution is -0.130. The minimum atomic E-state index is -0.967. The highest BCUT2D eigenvalue weighted by atomic mass is 16.5. The number of carbonyl (C=O) groups excluding carboxylic acids is 2. The summed E-state index contributed by atoms with van der Waals surface area (Å²) in [5.41, 5.74) is 3.27. The number of benzene rings is 2. The SMILES string of the molecule is CCNC(=O)[C@H](NC(O)C1(c2ccc3nc([C@@H](NC(=O)c4ccnn4C)[C@@H]4c5ccccc5O[C@@H]4C)[nH]c3c2)CCOCC1)C1CCC2CC1C2. The van der Waals surface area contributed by atoms with Gasteiger partial charge in [-0.25, -0.2) is 4.98 Å². The van der Waals surface area contributed by atoms with Crippen LogP contribution in [-0.4, -0.2) is 74.8 Å². The van der Waals surface area contributed by atoms with E-state index in [1.54, 1.807) is 24.0 Å². The monoisotopic (exact) mass is 695 g/mol. The molecule has 2 aromatic heterocycles. The number of aryl methyl sites for hydroxylation is 1. The number of likely N-dealkylation sites (N-methyl/N-ethyl adjacent to an activating group) is 1. The molecule has 3 saturated carbocycles. The summed E-state index contributed by atoms with van der Waals surface area (Å²) in [7, 11) is 1.74. The van der Waals surface area contributed by atoms with Gasteiger partial charge in [0.25, 0.3) is 5.91 Å². The second kappa shape index (κ2) is 13.7. The Labute approximate surface area is 298 Å². The molecule has 2 aromatic carbocycles. The molecule has 3 aliphatic carbocycles. The number of hydrogen-bond acceptors (Lipinski definition) is 8. The zero-order chi connectivity index (χ0) is 35.3. The Balaban J connectivity index is 1.13. The van der Waals surface area contributed by atoms with Gasteiger partial charge in [0.1, 0.15) is 29.6 Å². The first kappa shape index (κ1) is 33.9. The lowest BCUT2D eigenvalue weighted by Gasteiger charge is -2.50. The van der Waals surface area contributed by atoms with Crippen molar-refractivity contribution in [2.45, 2.75) is 88.1 Å². The maximum atomic E-state index is 13.7. The number of nitrogens with zero attached hydrogens (tertiary/aromatic N) is 3. The normalized spacial score (nSPS) is 26.7. The van der Waals surface area contributed by atoms with E-state index in [2.05, 4.69) is 32.1 Å². The molecular weight excluding hydrogens is 646 g/mol. The van der Waals surface area contributed by atoms with Gasteiger partial charge in [-0.15, -0.1) is 0 Å². The van der Waals surface area contributed by atoms with Gasteiger partial charge in [0, 0.05) is 44.0 Å². The van der Waals surface area contributed by atoms with E-state index >= 15 is 0 Å². The van der Waals surface area contributed by atoms with Gasteiger partial charge >= 0.3 is 0 Å². The first-order valence-corrected chi connectivity index (χ1v) is 18.6. The highest BCUT2D eigenvalue weighted by molar-refractivity contribution is 5.93. The maximum Gasteiger partial charge on any atom is 0.270 e. The molecule has 270 valence electrons. The van der Waals surface area contributed by atoms with Crippen molar-refractivity contribution in [1.82, 2.24) is 35.7 Å². The number of rotatable bonds is 11. The molecule has 2 amide bonds. The first-order valence-electron chi connectivity index (χ1n) is 18.6. The Bertz CT molecular complexity index is 1890. The van der Waals surface area contributed by atoms with E-state index in [1.807, 2.05) is 50.2 Å². The van der Waals surface area contributed by atoms with Crippen LogP contribution >= 0.6 is 0 Å². The van der Waals surface area contributed by atoms with Gasteiger partial charge in [-0.3, -0.25) is 19.6 Å². The predicted octanol–water partition coefficient (Wildman–Crippen LogP) is 4.23. The van der Waals surface area contributed by atoms with Gasteiger partial charge in [-0.2, -0.15) is 5.10 Å². The molecule has 2 aliphatic heterocycles. The first-order chi connectivity index (χ1) is 24.8. The van der Waals surface area contributed by atoms with Crippen molar-refractivity contribution in [3.8, 4) is 5.75 Å². The minimum absolute atomic E-state index is 0.0336. The number of aliphatic hydroxyl groups excluding tert-OH is 1. The molecule has 51 heavy (non-hydrogen) atoms. The van der Waals surface area contributed by atoms with Crippen LogP contribution in [0.2, 0.25) is 0 Å². The number of nitrogens with one attached hydrogen (secondary N) is 4. The summed E-state index contributed by atoms with van der Waals surface area (Å²) >= 11 is 0. The third-order valence-electron chi connectivity index (χ3n) is 12.3. The second-order valence-corrected chi connectivity index (χ2v) is 15.1. The standard InChI is InChI=1S/C39H49N7O5/c1-4-40-37(48)33(26-11-9-23-19-24(26)20-23)45-38(49)39(14-17-50-18-15-39)25-10-12-28-29(21-25)43-35(42-28)34(44-36(47)30-13-16-41-46(30)3)32-22(2)51-31-8-6-5-7-27(31)32/h5-8,10,12-13,16,21-24,26,32-34,38,45,49H,4,9,11,14-15,17-20H2,1-3H3,(H,40,48)(H,42,43)(H,44,47)/t22-,23?,24?,26?,32+,33-,34+,38?/m1/s1. The Morgan fingerprint density at radius 1 is 1.12 bits per heavy atom. The summed E-state index contributed by atoms with van der Waals surface area (Å²) in [6.07, 6.45) is 6.12. The molecule has 5 aliphatic rings. The molecule has 6 atom stereocenters. The smallest absolute Gasteiger partial charge is 0.270 e. The third kappa shape index (κ3) is 6.10. The van der Waals surface area contributed by atoms with Crippen LogP contribution in [0, 0.1) is 17.8 Å². The number of amides is 2. The van der Waals surface area contributed by atoms with Crippen LogP contribution in [0.15, 0.2) is 54.7 Å². The van der Waals surface area contributed by atoms with E-state index < -0.39 is 23.7 Å². The molecule has 4 heterocycles. The van der Waals surface area contributed by atoms with Crippen LogP contribution in [0.25, 0.3) is 11.0 Å². The Morgan fingerprint density at radius 2 is 1.92 bits per heavy atom. The van der Waals surface area contributed by atoms with Crippen molar-refractivity contribution < 1.29 is 24.2 Å². The Kier molecular flexibility index (Phi) is 9.10. The minimum Gasteiger partial charge on any atom is -0.490 e. The number of fused-ring (bicyclic) bond motifs is 4. The van der Waals surface area contributed by atoms with Crippen molar-refractivity contribution >= 4 is 22.8 Å². The maximum absolute atomic E-state index is 13.7. The van der Waals surface area contributed by atoms with Gasteiger partial charge in [-0.1, -0.05) is 30.7 Å². The lowest BCUT2D eigenvalue weighted by Crippen LogP contribution is -2.61. The molecular formula is C39H49N7O5. The van der Waals surface area contributed by atoms with E-state index in [9.17, 15) is 14.7 Å². The van der Waals surface area contributed by atoms with Gasteiger partial charge in [0.2, 0.25) is 5.91 Å². The number of ether oxygens (including phenoxy) is 2. The topological polar surface area (TPSA) is 155 Å². The van der Waals surface area contributed by atoms with Crippen LogP contribution in [0.1, 0.15) is 91.8 Å². The number of hydrogen-bond donors (Lipinski definition) is 5. The van der Waals surface area contributed by atoms with Gasteiger partial charge in [-0.05, 0) is 93.5 Å². The summed E-state index contributed by atoms with van der Waals surface area (Å²) in [5.74, 6) is 2.43. The summed E-state index contributed by atoms with van der Waals surface area (Å²) in [6, 6.07) is 14.7. The lowest BCUT2D eigenvalue weighted by atomic mass is 9.58. The Hall–Kier alpha value is -4.26. The van der Waals surface area contributed by atoms with E-state index in [0.717, 1.165) is 46.7 Å². The van der Waals surface area contributed by atoms with E-state index in [1.165, 1.54) is 12.8 Å². The van der Waals surface area contributed by atoms with Crippen LogP contribution < -0.4 is 20.7 Å². The van der Waals surface area contributed by atoms with Crippen molar-refractivity contribution in [1.29, 1.82) is 0 Å². The average molecular weight is 696 g/mol. The number of carbonyl (C=O) groups is 2. The number of H-pyrrole nitrogens is 1.